The second-order valence-electron chi connectivity index (χ2n) is 4.55. The zero-order valence-corrected chi connectivity index (χ0v) is 11.9. The topological polar surface area (TPSA) is 13.1 Å². The van der Waals surface area contributed by atoms with Gasteiger partial charge >= 0.3 is 0 Å². The number of hydrogen-bond donors (Lipinski definition) is 0. The molecule has 3 heteroatoms. The van der Waals surface area contributed by atoms with E-state index in [0.717, 1.165) is 12.2 Å². The van der Waals surface area contributed by atoms with Crippen molar-refractivity contribution in [1.82, 2.24) is 0 Å². The van der Waals surface area contributed by atoms with Gasteiger partial charge in [0.15, 0.2) is 0 Å². The molecule has 1 heterocycles. The van der Waals surface area contributed by atoms with Crippen molar-refractivity contribution < 1.29 is 9.30 Å². The molecule has 0 N–H and O–H groups in total. The van der Waals surface area contributed by atoms with Crippen LogP contribution >= 0.6 is 11.3 Å². The molecule has 0 aliphatic rings. The molecule has 0 aliphatic carbocycles. The van der Waals surface area contributed by atoms with Crippen LogP contribution in [0.2, 0.25) is 0 Å². The second-order valence-corrected chi connectivity index (χ2v) is 5.66. The van der Waals surface area contributed by atoms with E-state index in [1.165, 1.54) is 20.8 Å². The molecule has 2 nitrogen and oxygen atoms in total. The summed E-state index contributed by atoms with van der Waals surface area (Å²) in [6, 6.07) is 16.8. The molecule has 0 amide bonds. The van der Waals surface area contributed by atoms with E-state index < -0.39 is 0 Å². The van der Waals surface area contributed by atoms with Gasteiger partial charge in [-0.3, -0.25) is 0 Å². The molecule has 0 bridgehead atoms. The Morgan fingerprint density at radius 2 is 1.79 bits per heavy atom. The van der Waals surface area contributed by atoms with Gasteiger partial charge in [-0.1, -0.05) is 35.6 Å². The Balaban J connectivity index is 1.94. The van der Waals surface area contributed by atoms with Gasteiger partial charge in [-0.05, 0) is 23.8 Å². The summed E-state index contributed by atoms with van der Waals surface area (Å²) >= 11 is 1.86. The highest BCUT2D eigenvalue weighted by Crippen LogP contribution is 2.22. The van der Waals surface area contributed by atoms with E-state index >= 15 is 0 Å². The molecular formula is C16H16NOS+. The highest BCUT2D eigenvalue weighted by molar-refractivity contribution is 7.18. The summed E-state index contributed by atoms with van der Waals surface area (Å²) in [7, 11) is 3.83. The van der Waals surface area contributed by atoms with Crippen molar-refractivity contribution in [3.8, 4) is 5.75 Å². The first-order chi connectivity index (χ1) is 9.28. The van der Waals surface area contributed by atoms with Crippen molar-refractivity contribution in [3.05, 3.63) is 59.1 Å². The Bertz CT molecular complexity index is 700. The summed E-state index contributed by atoms with van der Waals surface area (Å²) in [6.07, 6.45) is 0.958. The first-order valence-electron chi connectivity index (χ1n) is 6.27. The SMILES string of the molecule is COc1ccc(Cc2sc3ccccc3[n+]2C)cc1. The zero-order valence-electron chi connectivity index (χ0n) is 11.1. The molecule has 96 valence electrons. The van der Waals surface area contributed by atoms with Crippen LogP contribution in [-0.2, 0) is 13.5 Å². The highest BCUT2D eigenvalue weighted by atomic mass is 32.1. The molecule has 0 fully saturated rings. The van der Waals surface area contributed by atoms with E-state index in [-0.39, 0.29) is 0 Å². The van der Waals surface area contributed by atoms with Gasteiger partial charge in [-0.25, -0.2) is 0 Å². The van der Waals surface area contributed by atoms with E-state index in [2.05, 4.69) is 48.0 Å². The van der Waals surface area contributed by atoms with E-state index in [0.29, 0.717) is 0 Å². The van der Waals surface area contributed by atoms with Crippen molar-refractivity contribution in [2.24, 2.45) is 7.05 Å². The maximum absolute atomic E-state index is 5.19. The predicted molar refractivity (Wildman–Crippen MR) is 78.8 cm³/mol. The number of thiazole rings is 1. The normalized spacial score (nSPS) is 10.8. The third-order valence-corrected chi connectivity index (χ3v) is 4.56. The Labute approximate surface area is 116 Å². The molecule has 0 saturated heterocycles. The third kappa shape index (κ3) is 2.34. The van der Waals surface area contributed by atoms with Gasteiger partial charge in [0.05, 0.1) is 13.5 Å². The van der Waals surface area contributed by atoms with Gasteiger partial charge in [0.2, 0.25) is 10.5 Å². The summed E-state index contributed by atoms with van der Waals surface area (Å²) < 4.78 is 8.81. The number of aromatic nitrogens is 1. The number of nitrogens with zero attached hydrogens (tertiary/aromatic N) is 1. The number of hydrogen-bond acceptors (Lipinski definition) is 2. The van der Waals surface area contributed by atoms with Gasteiger partial charge in [-0.15, -0.1) is 0 Å². The second kappa shape index (κ2) is 5.02. The average molecular weight is 270 g/mol. The Kier molecular flexibility index (Phi) is 3.22. The van der Waals surface area contributed by atoms with E-state index in [4.69, 9.17) is 4.74 Å². The van der Waals surface area contributed by atoms with Crippen LogP contribution in [0.1, 0.15) is 10.6 Å². The number of ether oxygens (including phenoxy) is 1. The van der Waals surface area contributed by atoms with Crippen LogP contribution in [0.15, 0.2) is 48.5 Å². The minimum atomic E-state index is 0.907. The average Bonchev–Trinajstić information content (AvgIpc) is 2.77. The van der Waals surface area contributed by atoms with Crippen LogP contribution in [0.3, 0.4) is 0 Å². The van der Waals surface area contributed by atoms with Crippen LogP contribution in [0.4, 0.5) is 0 Å². The molecule has 3 aromatic rings. The van der Waals surface area contributed by atoms with Gasteiger partial charge in [-0.2, -0.15) is 4.57 Å². The lowest BCUT2D eigenvalue weighted by Crippen LogP contribution is -2.30. The zero-order chi connectivity index (χ0) is 13.2. The Hall–Kier alpha value is -1.87. The fraction of sp³-hybridized carbons (Fsp3) is 0.188. The molecule has 0 atom stereocenters. The quantitative estimate of drug-likeness (QED) is 0.665. The van der Waals surface area contributed by atoms with Crippen molar-refractivity contribution >= 4 is 21.6 Å². The van der Waals surface area contributed by atoms with Crippen molar-refractivity contribution in [2.75, 3.05) is 7.11 Å². The number of aryl methyl sites for hydroxylation is 1. The third-order valence-electron chi connectivity index (χ3n) is 3.34. The van der Waals surface area contributed by atoms with Crippen molar-refractivity contribution in [2.45, 2.75) is 6.42 Å². The largest absolute Gasteiger partial charge is 0.497 e. The lowest BCUT2D eigenvalue weighted by atomic mass is 10.1. The smallest absolute Gasteiger partial charge is 0.242 e. The van der Waals surface area contributed by atoms with Gasteiger partial charge < -0.3 is 4.74 Å². The molecule has 0 radical (unpaired) electrons. The van der Waals surface area contributed by atoms with Crippen LogP contribution in [0.25, 0.3) is 10.2 Å². The first kappa shape index (κ1) is 12.2. The van der Waals surface area contributed by atoms with Crippen LogP contribution in [-0.4, -0.2) is 7.11 Å². The molecule has 2 aromatic carbocycles. The monoisotopic (exact) mass is 270 g/mol. The molecule has 0 unspecified atom stereocenters. The van der Waals surface area contributed by atoms with E-state index in [1.54, 1.807) is 7.11 Å². The maximum atomic E-state index is 5.19. The Morgan fingerprint density at radius 1 is 1.05 bits per heavy atom. The fourth-order valence-corrected chi connectivity index (χ4v) is 3.41. The van der Waals surface area contributed by atoms with Gasteiger partial charge in [0.25, 0.3) is 0 Å². The van der Waals surface area contributed by atoms with Gasteiger partial charge in [0.1, 0.15) is 17.5 Å². The van der Waals surface area contributed by atoms with Crippen LogP contribution in [0.5, 0.6) is 5.75 Å². The molecule has 3 rings (SSSR count). The van der Waals surface area contributed by atoms with Crippen molar-refractivity contribution in [3.63, 3.8) is 0 Å². The summed E-state index contributed by atoms with van der Waals surface area (Å²) in [5, 5.41) is 1.37. The maximum Gasteiger partial charge on any atom is 0.242 e. The predicted octanol–water partition coefficient (Wildman–Crippen LogP) is 3.33. The van der Waals surface area contributed by atoms with Crippen molar-refractivity contribution in [1.29, 1.82) is 0 Å². The number of benzene rings is 2. The van der Waals surface area contributed by atoms with E-state index in [1.807, 2.05) is 23.5 Å². The number of rotatable bonds is 3. The summed E-state index contributed by atoms with van der Waals surface area (Å²) in [5.41, 5.74) is 2.61. The van der Waals surface area contributed by atoms with Crippen LogP contribution in [0, 0.1) is 0 Å². The van der Waals surface area contributed by atoms with E-state index in [9.17, 15) is 0 Å². The lowest BCUT2D eigenvalue weighted by molar-refractivity contribution is -0.647. The van der Waals surface area contributed by atoms with Crippen LogP contribution < -0.4 is 9.30 Å². The molecule has 0 saturated carbocycles. The summed E-state index contributed by atoms with van der Waals surface area (Å²) in [5.74, 6) is 0.907. The minimum absolute atomic E-state index is 0.907. The first-order valence-corrected chi connectivity index (χ1v) is 7.09. The number of methoxy groups -OCH3 is 1. The summed E-state index contributed by atoms with van der Waals surface area (Å²) in [6.45, 7) is 0. The molecule has 0 spiro atoms. The number of para-hydroxylation sites is 1. The molecule has 1 aromatic heterocycles. The standard InChI is InChI=1S/C16H16NOS/c1-17-14-5-3-4-6-15(14)19-16(17)11-12-7-9-13(18-2)10-8-12/h3-10H,11H2,1-2H3/q+1. The molecule has 0 aliphatic heterocycles. The number of fused-ring (bicyclic) bond motifs is 1. The lowest BCUT2D eigenvalue weighted by Gasteiger charge is -2.00. The minimum Gasteiger partial charge on any atom is -0.497 e. The Morgan fingerprint density at radius 3 is 2.47 bits per heavy atom. The molecule has 19 heavy (non-hydrogen) atoms. The highest BCUT2D eigenvalue weighted by Gasteiger charge is 2.16. The fourth-order valence-electron chi connectivity index (χ4n) is 2.22. The van der Waals surface area contributed by atoms with Gasteiger partial charge in [0, 0.05) is 6.07 Å². The molecular weight excluding hydrogens is 254 g/mol. The summed E-state index contributed by atoms with van der Waals surface area (Å²) in [4.78, 5) is 0.